The van der Waals surface area contributed by atoms with Crippen molar-refractivity contribution in [1.82, 2.24) is 15.2 Å². The van der Waals surface area contributed by atoms with E-state index in [1.54, 1.807) is 16.8 Å². The predicted octanol–water partition coefficient (Wildman–Crippen LogP) is 4.64. The normalized spacial score (nSPS) is 11.3. The third kappa shape index (κ3) is 3.40. The molecule has 7 heteroatoms. The van der Waals surface area contributed by atoms with Crippen molar-refractivity contribution in [3.8, 4) is 17.1 Å². The van der Waals surface area contributed by atoms with Crippen molar-refractivity contribution in [3.05, 3.63) is 96.6 Å². The average Bonchev–Trinajstić information content (AvgIpc) is 3.53. The lowest BCUT2D eigenvalue weighted by atomic mass is 10.2. The summed E-state index contributed by atoms with van der Waals surface area (Å²) < 4.78 is 12.8. The smallest absolute Gasteiger partial charge is 0.307 e. The number of nitrogens with one attached hydrogen (secondary N) is 1. The molecule has 0 spiro atoms. The van der Waals surface area contributed by atoms with Crippen LogP contribution in [0.2, 0.25) is 0 Å². The molecular weight excluding hydrogens is 380 g/mol. The quantitative estimate of drug-likeness (QED) is 0.346. The van der Waals surface area contributed by atoms with E-state index in [0.717, 1.165) is 16.7 Å². The van der Waals surface area contributed by atoms with Gasteiger partial charge in [-0.1, -0.05) is 36.4 Å². The van der Waals surface area contributed by atoms with Crippen LogP contribution in [0.1, 0.15) is 16.1 Å². The highest BCUT2D eigenvalue weighted by Gasteiger charge is 2.16. The zero-order valence-electron chi connectivity index (χ0n) is 15.7. The number of benzene rings is 2. The van der Waals surface area contributed by atoms with Crippen molar-refractivity contribution >= 4 is 23.1 Å². The van der Waals surface area contributed by atoms with E-state index < -0.39 is 5.91 Å². The Balaban J connectivity index is 1.52. The summed E-state index contributed by atoms with van der Waals surface area (Å²) in [7, 11) is 0. The third-order valence-electron chi connectivity index (χ3n) is 4.54. The first-order valence-electron chi connectivity index (χ1n) is 9.29. The summed E-state index contributed by atoms with van der Waals surface area (Å²) in [4.78, 5) is 12.0. The van der Waals surface area contributed by atoms with Crippen molar-refractivity contribution < 1.29 is 13.6 Å². The molecule has 0 saturated heterocycles. The molecule has 2 aromatic carbocycles. The topological polar surface area (TPSA) is 85.6 Å². The highest BCUT2D eigenvalue weighted by atomic mass is 16.3. The van der Waals surface area contributed by atoms with Gasteiger partial charge in [-0.15, -0.1) is 0 Å². The molecular formula is C23H16N4O3. The second-order valence-electron chi connectivity index (χ2n) is 6.54. The van der Waals surface area contributed by atoms with Crippen LogP contribution in [0.4, 0.5) is 0 Å². The van der Waals surface area contributed by atoms with Gasteiger partial charge in [0.1, 0.15) is 11.3 Å². The molecule has 0 atom stereocenters. The maximum Gasteiger partial charge on any atom is 0.307 e. The number of carbonyl (C=O) groups is 1. The minimum Gasteiger partial charge on any atom is -0.459 e. The lowest BCUT2D eigenvalue weighted by molar-refractivity contribution is 0.0927. The fraction of sp³-hybridized carbons (Fsp3) is 0. The number of para-hydroxylation sites is 2. The third-order valence-corrected chi connectivity index (χ3v) is 4.54. The van der Waals surface area contributed by atoms with Crippen LogP contribution in [0.3, 0.4) is 0 Å². The van der Waals surface area contributed by atoms with E-state index >= 15 is 0 Å². The maximum atomic E-state index is 12.0. The molecule has 5 rings (SSSR count). The van der Waals surface area contributed by atoms with Crippen LogP contribution >= 0.6 is 0 Å². The van der Waals surface area contributed by atoms with Crippen LogP contribution in [0.5, 0.6) is 0 Å². The first kappa shape index (κ1) is 17.7. The van der Waals surface area contributed by atoms with Crippen LogP contribution in [0.15, 0.2) is 99.2 Å². The summed E-state index contributed by atoms with van der Waals surface area (Å²) in [5.41, 5.74) is 5.44. The lowest BCUT2D eigenvalue weighted by Crippen LogP contribution is -2.16. The van der Waals surface area contributed by atoms with Gasteiger partial charge in [0.15, 0.2) is 11.5 Å². The molecule has 3 heterocycles. The molecule has 146 valence electrons. The van der Waals surface area contributed by atoms with E-state index in [1.165, 1.54) is 12.5 Å². The Bertz CT molecular complexity index is 1300. The Morgan fingerprint density at radius 3 is 2.67 bits per heavy atom. The molecule has 1 amide bonds. The molecule has 0 aliphatic rings. The fourth-order valence-corrected chi connectivity index (χ4v) is 3.11. The van der Waals surface area contributed by atoms with Gasteiger partial charge in [0.05, 0.1) is 18.2 Å². The van der Waals surface area contributed by atoms with Crippen molar-refractivity contribution in [3.63, 3.8) is 0 Å². The van der Waals surface area contributed by atoms with Gasteiger partial charge in [-0.25, -0.2) is 10.1 Å². The summed E-state index contributed by atoms with van der Waals surface area (Å²) in [6, 6.07) is 22.6. The zero-order valence-corrected chi connectivity index (χ0v) is 15.7. The van der Waals surface area contributed by atoms with E-state index in [9.17, 15) is 4.79 Å². The molecule has 0 bridgehead atoms. The second-order valence-corrected chi connectivity index (χ2v) is 6.54. The van der Waals surface area contributed by atoms with Gasteiger partial charge >= 0.3 is 5.91 Å². The molecule has 3 aromatic heterocycles. The first-order chi connectivity index (χ1) is 14.8. The number of aromatic nitrogens is 2. The Hall–Kier alpha value is -4.39. The summed E-state index contributed by atoms with van der Waals surface area (Å²) in [5.74, 6) is 0.367. The van der Waals surface area contributed by atoms with Crippen LogP contribution in [0, 0.1) is 0 Å². The number of fused-ring (bicyclic) bond motifs is 1. The molecule has 0 aliphatic heterocycles. The molecule has 1 N–H and O–H groups in total. The molecule has 30 heavy (non-hydrogen) atoms. The highest BCUT2D eigenvalue weighted by molar-refractivity contribution is 5.94. The number of carbonyl (C=O) groups excluding carboxylic acids is 1. The number of hydrazone groups is 1. The Morgan fingerprint density at radius 2 is 1.87 bits per heavy atom. The molecule has 0 radical (unpaired) electrons. The summed E-state index contributed by atoms with van der Waals surface area (Å²) in [5, 5.41) is 9.74. The van der Waals surface area contributed by atoms with Crippen molar-refractivity contribution in [2.24, 2.45) is 5.10 Å². The van der Waals surface area contributed by atoms with Gasteiger partial charge in [-0.05, 0) is 36.4 Å². The first-order valence-corrected chi connectivity index (χ1v) is 9.29. The summed E-state index contributed by atoms with van der Waals surface area (Å²) in [6.45, 7) is 0. The standard InChI is InChI=1S/C23H16N4O3/c28-23(20-11-6-12-29-20)25-24-14-17-15-27(18-8-2-1-3-9-18)26-22(17)21-13-16-7-4-5-10-19(16)30-21/h1-15H,(H,25,28)/b24-14-. The molecule has 5 aromatic rings. The van der Waals surface area contributed by atoms with Crippen LogP contribution in [-0.4, -0.2) is 21.9 Å². The van der Waals surface area contributed by atoms with Crippen molar-refractivity contribution in [1.29, 1.82) is 0 Å². The van der Waals surface area contributed by atoms with Gasteiger partial charge in [0, 0.05) is 17.1 Å². The second kappa shape index (κ2) is 7.56. The number of hydrogen-bond acceptors (Lipinski definition) is 5. The SMILES string of the molecule is O=C(N/N=C\c1cn(-c2ccccc2)nc1-c1cc2ccccc2o1)c1ccco1. The van der Waals surface area contributed by atoms with Gasteiger partial charge in [-0.2, -0.15) is 10.2 Å². The predicted molar refractivity (Wildman–Crippen MR) is 113 cm³/mol. The summed E-state index contributed by atoms with van der Waals surface area (Å²) >= 11 is 0. The maximum absolute atomic E-state index is 12.0. The molecule has 0 fully saturated rings. The van der Waals surface area contributed by atoms with Crippen LogP contribution in [0.25, 0.3) is 28.1 Å². The van der Waals surface area contributed by atoms with Gasteiger partial charge in [0.25, 0.3) is 0 Å². The highest BCUT2D eigenvalue weighted by Crippen LogP contribution is 2.29. The fourth-order valence-electron chi connectivity index (χ4n) is 3.11. The number of nitrogens with zero attached hydrogens (tertiary/aromatic N) is 3. The minimum absolute atomic E-state index is 0.185. The van der Waals surface area contributed by atoms with Crippen molar-refractivity contribution in [2.45, 2.75) is 0 Å². The van der Waals surface area contributed by atoms with E-state index in [-0.39, 0.29) is 5.76 Å². The van der Waals surface area contributed by atoms with Gasteiger partial charge in [0.2, 0.25) is 0 Å². The van der Waals surface area contributed by atoms with E-state index in [0.29, 0.717) is 17.0 Å². The largest absolute Gasteiger partial charge is 0.459 e. The lowest BCUT2D eigenvalue weighted by Gasteiger charge is -1.98. The molecule has 0 unspecified atom stereocenters. The number of furan rings is 2. The average molecular weight is 396 g/mol. The number of hydrogen-bond donors (Lipinski definition) is 1. The Labute approximate surface area is 171 Å². The number of amides is 1. The van der Waals surface area contributed by atoms with Crippen LogP contribution in [-0.2, 0) is 0 Å². The minimum atomic E-state index is -0.433. The zero-order chi connectivity index (χ0) is 20.3. The van der Waals surface area contributed by atoms with Gasteiger partial charge in [-0.3, -0.25) is 4.79 Å². The monoisotopic (exact) mass is 396 g/mol. The molecule has 7 nitrogen and oxygen atoms in total. The van der Waals surface area contributed by atoms with E-state index in [4.69, 9.17) is 13.9 Å². The van der Waals surface area contributed by atoms with E-state index in [1.807, 2.05) is 66.9 Å². The number of rotatable bonds is 5. The van der Waals surface area contributed by atoms with E-state index in [2.05, 4.69) is 10.5 Å². The molecule has 0 saturated carbocycles. The molecule has 0 aliphatic carbocycles. The van der Waals surface area contributed by atoms with Crippen molar-refractivity contribution in [2.75, 3.05) is 0 Å². The Kier molecular flexibility index (Phi) is 4.46. The van der Waals surface area contributed by atoms with Crippen LogP contribution < -0.4 is 5.43 Å². The van der Waals surface area contributed by atoms with Gasteiger partial charge < -0.3 is 8.83 Å². The Morgan fingerprint density at radius 1 is 1.03 bits per heavy atom. The summed E-state index contributed by atoms with van der Waals surface area (Å²) in [6.07, 6.45) is 4.80.